The Balaban J connectivity index is 0.000000103. The molecule has 0 aromatic carbocycles. The van der Waals surface area contributed by atoms with Gasteiger partial charge in [0.2, 0.25) is 0 Å². The van der Waals surface area contributed by atoms with Crippen LogP contribution in [0, 0.1) is 0 Å². The van der Waals surface area contributed by atoms with Gasteiger partial charge in [-0.2, -0.15) is 0 Å². The number of hydrogen-bond donors (Lipinski definition) is 0. The molecule has 64 valence electrons. The highest BCUT2D eigenvalue weighted by atomic mass is 16.6. The summed E-state index contributed by atoms with van der Waals surface area (Å²) >= 11 is 0. The second kappa shape index (κ2) is 3.11. The van der Waals surface area contributed by atoms with Crippen molar-refractivity contribution < 1.29 is 9.47 Å². The molecule has 0 aromatic heterocycles. The molecule has 1 aliphatic carbocycles. The number of ether oxygens (including phenoxy) is 2. The van der Waals surface area contributed by atoms with Crippen LogP contribution in [0.4, 0.5) is 0 Å². The van der Waals surface area contributed by atoms with E-state index in [4.69, 9.17) is 9.47 Å². The van der Waals surface area contributed by atoms with Crippen molar-refractivity contribution in [1.29, 1.82) is 0 Å². The average molecular weight is 156 g/mol. The molecule has 2 heterocycles. The quantitative estimate of drug-likeness (QED) is 0.499. The molecular formula is C9H16O2. The van der Waals surface area contributed by atoms with E-state index in [-0.39, 0.29) is 0 Å². The first-order valence-electron chi connectivity index (χ1n) is 4.63. The molecule has 3 aliphatic rings. The predicted molar refractivity (Wildman–Crippen MR) is 42.5 cm³/mol. The Bertz CT molecular complexity index is 122. The van der Waals surface area contributed by atoms with Crippen molar-refractivity contribution >= 4 is 0 Å². The normalized spacial score (nSPS) is 45.0. The van der Waals surface area contributed by atoms with Gasteiger partial charge in [0.1, 0.15) is 0 Å². The number of epoxide rings is 2. The van der Waals surface area contributed by atoms with Crippen molar-refractivity contribution in [3.05, 3.63) is 0 Å². The smallest absolute Gasteiger partial charge is 0.0841 e. The third-order valence-electron chi connectivity index (χ3n) is 2.41. The van der Waals surface area contributed by atoms with Gasteiger partial charge >= 0.3 is 0 Å². The van der Waals surface area contributed by atoms with Crippen LogP contribution in [0.1, 0.15) is 32.6 Å². The third-order valence-corrected chi connectivity index (χ3v) is 2.41. The monoisotopic (exact) mass is 156 g/mol. The summed E-state index contributed by atoms with van der Waals surface area (Å²) in [4.78, 5) is 0. The van der Waals surface area contributed by atoms with Gasteiger partial charge in [-0.05, 0) is 19.8 Å². The topological polar surface area (TPSA) is 25.1 Å². The Labute approximate surface area is 67.9 Å². The zero-order valence-electron chi connectivity index (χ0n) is 7.08. The van der Waals surface area contributed by atoms with Crippen molar-refractivity contribution in [3.63, 3.8) is 0 Å². The highest BCUT2D eigenvalue weighted by molar-refractivity contribution is 4.87. The first-order valence-corrected chi connectivity index (χ1v) is 4.63. The molecule has 11 heavy (non-hydrogen) atoms. The van der Waals surface area contributed by atoms with E-state index in [0.29, 0.717) is 18.3 Å². The van der Waals surface area contributed by atoms with Gasteiger partial charge in [0.25, 0.3) is 0 Å². The van der Waals surface area contributed by atoms with Crippen molar-refractivity contribution in [2.75, 3.05) is 6.61 Å². The van der Waals surface area contributed by atoms with Crippen LogP contribution in [0.15, 0.2) is 0 Å². The summed E-state index contributed by atoms with van der Waals surface area (Å²) in [5.41, 5.74) is 0. The summed E-state index contributed by atoms with van der Waals surface area (Å²) in [6.45, 7) is 3.04. The fraction of sp³-hybridized carbons (Fsp3) is 1.00. The maximum Gasteiger partial charge on any atom is 0.0841 e. The van der Waals surface area contributed by atoms with Crippen molar-refractivity contribution in [3.8, 4) is 0 Å². The van der Waals surface area contributed by atoms with E-state index < -0.39 is 0 Å². The number of rotatable bonds is 0. The van der Waals surface area contributed by atoms with Crippen molar-refractivity contribution in [2.45, 2.75) is 50.9 Å². The van der Waals surface area contributed by atoms with E-state index in [1.165, 1.54) is 25.7 Å². The zero-order chi connectivity index (χ0) is 7.68. The molecule has 3 unspecified atom stereocenters. The fourth-order valence-electron chi connectivity index (χ4n) is 1.47. The molecule has 2 nitrogen and oxygen atoms in total. The van der Waals surface area contributed by atoms with Gasteiger partial charge in [-0.3, -0.25) is 0 Å². The van der Waals surface area contributed by atoms with E-state index in [9.17, 15) is 0 Å². The van der Waals surface area contributed by atoms with Crippen LogP contribution >= 0.6 is 0 Å². The summed E-state index contributed by atoms with van der Waals surface area (Å²) in [7, 11) is 0. The van der Waals surface area contributed by atoms with Gasteiger partial charge < -0.3 is 9.47 Å². The second-order valence-corrected chi connectivity index (χ2v) is 3.64. The SMILES string of the molecule is C1CCC2OC2C1.CC1CO1. The molecule has 0 spiro atoms. The Morgan fingerprint density at radius 1 is 1.09 bits per heavy atom. The molecule has 0 bridgehead atoms. The van der Waals surface area contributed by atoms with Gasteiger partial charge in [0.05, 0.1) is 24.9 Å². The highest BCUT2D eigenvalue weighted by Crippen LogP contribution is 2.35. The van der Waals surface area contributed by atoms with Crippen LogP contribution in [-0.4, -0.2) is 24.9 Å². The predicted octanol–water partition coefficient (Wildman–Crippen LogP) is 1.73. The Morgan fingerprint density at radius 3 is 1.82 bits per heavy atom. The molecule has 0 amide bonds. The largest absolute Gasteiger partial charge is 0.373 e. The lowest BCUT2D eigenvalue weighted by Crippen LogP contribution is -2.00. The molecule has 3 atom stereocenters. The van der Waals surface area contributed by atoms with Crippen molar-refractivity contribution in [1.82, 2.24) is 0 Å². The van der Waals surface area contributed by atoms with Crippen LogP contribution in [-0.2, 0) is 9.47 Å². The molecule has 0 N–H and O–H groups in total. The molecular weight excluding hydrogens is 140 g/mol. The first kappa shape index (κ1) is 7.56. The van der Waals surface area contributed by atoms with E-state index in [1.54, 1.807) is 0 Å². The first-order chi connectivity index (χ1) is 5.36. The lowest BCUT2D eigenvalue weighted by atomic mass is 10.0. The maximum atomic E-state index is 5.28. The lowest BCUT2D eigenvalue weighted by Gasteiger charge is -2.00. The van der Waals surface area contributed by atoms with Gasteiger partial charge in [0.15, 0.2) is 0 Å². The van der Waals surface area contributed by atoms with Crippen molar-refractivity contribution in [2.24, 2.45) is 0 Å². The summed E-state index contributed by atoms with van der Waals surface area (Å²) in [5, 5.41) is 0. The molecule has 0 aromatic rings. The lowest BCUT2D eigenvalue weighted by molar-refractivity contribution is 0.373. The van der Waals surface area contributed by atoms with Crippen LogP contribution in [0.25, 0.3) is 0 Å². The zero-order valence-corrected chi connectivity index (χ0v) is 7.08. The van der Waals surface area contributed by atoms with Crippen LogP contribution in [0.2, 0.25) is 0 Å². The molecule has 0 radical (unpaired) electrons. The van der Waals surface area contributed by atoms with E-state index in [2.05, 4.69) is 6.92 Å². The number of hydrogen-bond acceptors (Lipinski definition) is 2. The minimum Gasteiger partial charge on any atom is -0.373 e. The van der Waals surface area contributed by atoms with Crippen LogP contribution in [0.5, 0.6) is 0 Å². The third kappa shape index (κ3) is 2.46. The van der Waals surface area contributed by atoms with E-state index in [0.717, 1.165) is 6.61 Å². The van der Waals surface area contributed by atoms with Gasteiger partial charge in [-0.25, -0.2) is 0 Å². The average Bonchev–Trinajstić information content (AvgIpc) is 2.83. The summed E-state index contributed by atoms with van der Waals surface area (Å²) in [5.74, 6) is 0. The Morgan fingerprint density at radius 2 is 1.55 bits per heavy atom. The Hall–Kier alpha value is -0.0800. The maximum absolute atomic E-state index is 5.28. The standard InChI is InChI=1S/C6H10O.C3H6O/c1-2-4-6-5(3-1)7-6;1-3-2-4-3/h5-6H,1-4H2;3H,2H2,1H3. The second-order valence-electron chi connectivity index (χ2n) is 3.64. The van der Waals surface area contributed by atoms with Gasteiger partial charge in [0, 0.05) is 0 Å². The molecule has 1 saturated carbocycles. The van der Waals surface area contributed by atoms with Gasteiger partial charge in [-0.1, -0.05) is 12.8 Å². The fourth-order valence-corrected chi connectivity index (χ4v) is 1.47. The Kier molecular flexibility index (Phi) is 2.14. The van der Waals surface area contributed by atoms with Gasteiger partial charge in [-0.15, -0.1) is 0 Å². The summed E-state index contributed by atoms with van der Waals surface area (Å²) in [6.07, 6.45) is 7.47. The van der Waals surface area contributed by atoms with Crippen LogP contribution in [0.3, 0.4) is 0 Å². The summed E-state index contributed by atoms with van der Waals surface area (Å²) < 4.78 is 9.99. The number of fused-ring (bicyclic) bond motifs is 1. The molecule has 2 heteroatoms. The van der Waals surface area contributed by atoms with E-state index in [1.807, 2.05) is 0 Å². The molecule has 3 fully saturated rings. The molecule has 3 rings (SSSR count). The van der Waals surface area contributed by atoms with Crippen LogP contribution < -0.4 is 0 Å². The molecule has 2 aliphatic heterocycles. The highest BCUT2D eigenvalue weighted by Gasteiger charge is 2.39. The minimum absolute atomic E-state index is 0.583. The summed E-state index contributed by atoms with van der Waals surface area (Å²) in [6, 6.07) is 0. The van der Waals surface area contributed by atoms with E-state index >= 15 is 0 Å². The molecule has 2 saturated heterocycles. The minimum atomic E-state index is 0.583.